The molecule has 0 saturated carbocycles. The molecular weight excluding hydrogens is 238 g/mol. The van der Waals surface area contributed by atoms with Gasteiger partial charge in [0.1, 0.15) is 0 Å². The van der Waals surface area contributed by atoms with Crippen molar-refractivity contribution in [1.29, 1.82) is 0 Å². The third kappa shape index (κ3) is 1.50. The predicted molar refractivity (Wildman–Crippen MR) is 61.8 cm³/mol. The Morgan fingerprint density at radius 2 is 1.56 bits per heavy atom. The van der Waals surface area contributed by atoms with Crippen LogP contribution in [0.5, 0.6) is 0 Å². The van der Waals surface area contributed by atoms with E-state index in [0.29, 0.717) is 0 Å². The lowest BCUT2D eigenvalue weighted by Gasteiger charge is -2.14. The molecule has 1 aliphatic rings. The number of nitrogens with zero attached hydrogens (tertiary/aromatic N) is 1. The molecule has 1 aromatic rings. The van der Waals surface area contributed by atoms with Crippen molar-refractivity contribution in [3.8, 4) is 0 Å². The summed E-state index contributed by atoms with van der Waals surface area (Å²) < 4.78 is 0. The molecule has 0 amide bonds. The van der Waals surface area contributed by atoms with Crippen LogP contribution in [0.3, 0.4) is 0 Å². The number of nitro groups is 1. The second-order valence-electron chi connectivity index (χ2n) is 4.09. The van der Waals surface area contributed by atoms with Crippen molar-refractivity contribution in [3.63, 3.8) is 0 Å². The van der Waals surface area contributed by atoms with E-state index in [4.69, 9.17) is 0 Å². The molecule has 92 valence electrons. The van der Waals surface area contributed by atoms with Crippen LogP contribution in [0.4, 0.5) is 0 Å². The van der Waals surface area contributed by atoms with Gasteiger partial charge < -0.3 is 5.11 Å². The first-order chi connectivity index (χ1) is 8.34. The Morgan fingerprint density at radius 3 is 2.06 bits per heavy atom. The van der Waals surface area contributed by atoms with E-state index in [0.717, 1.165) is 11.1 Å². The Labute approximate surface area is 102 Å². The molecule has 1 aromatic carbocycles. The summed E-state index contributed by atoms with van der Waals surface area (Å²) in [6, 6.07) is 2.92. The zero-order valence-electron chi connectivity index (χ0n) is 9.68. The van der Waals surface area contributed by atoms with E-state index in [1.165, 1.54) is 12.1 Å². The van der Waals surface area contributed by atoms with Gasteiger partial charge in [0.25, 0.3) is 0 Å². The Bertz CT molecular complexity index is 642. The van der Waals surface area contributed by atoms with Gasteiger partial charge in [-0.1, -0.05) is 0 Å². The normalized spacial score (nSPS) is 14.8. The Morgan fingerprint density at radius 1 is 1.06 bits per heavy atom. The maximum atomic E-state index is 11.7. The first-order valence-corrected chi connectivity index (χ1v) is 5.13. The number of hydrogen-bond donors (Lipinski definition) is 1. The van der Waals surface area contributed by atoms with Gasteiger partial charge in [-0.3, -0.25) is 19.7 Å². The third-order valence-electron chi connectivity index (χ3n) is 2.96. The van der Waals surface area contributed by atoms with Crippen LogP contribution in [0.15, 0.2) is 17.8 Å². The standard InChI is InChI=1S/C12H9NO5/c1-5-3-7-8(4-6(5)2)11(15)12(16)9(10(7)14)13(17)18/h3-4,14H,1-2H3. The van der Waals surface area contributed by atoms with Gasteiger partial charge in [-0.25, -0.2) is 0 Å². The molecule has 0 heterocycles. The number of carbonyl (C=O) groups excluding carboxylic acids is 2. The summed E-state index contributed by atoms with van der Waals surface area (Å²) in [5.74, 6) is -2.99. The van der Waals surface area contributed by atoms with Crippen molar-refractivity contribution in [2.45, 2.75) is 13.8 Å². The number of rotatable bonds is 1. The molecule has 6 nitrogen and oxygen atoms in total. The molecule has 1 aliphatic carbocycles. The minimum absolute atomic E-state index is 0.00574. The van der Waals surface area contributed by atoms with Crippen LogP contribution in [-0.2, 0) is 4.79 Å². The van der Waals surface area contributed by atoms with Crippen LogP contribution in [0.2, 0.25) is 0 Å². The third-order valence-corrected chi connectivity index (χ3v) is 2.96. The van der Waals surface area contributed by atoms with E-state index in [-0.39, 0.29) is 11.1 Å². The summed E-state index contributed by atoms with van der Waals surface area (Å²) in [4.78, 5) is 32.9. The summed E-state index contributed by atoms with van der Waals surface area (Å²) in [6.45, 7) is 3.49. The number of Topliss-reactive ketones (excluding diaryl/α,β-unsaturated/α-hetero) is 2. The number of hydrogen-bond acceptors (Lipinski definition) is 5. The van der Waals surface area contributed by atoms with Gasteiger partial charge >= 0.3 is 11.5 Å². The molecule has 1 N–H and O–H groups in total. The van der Waals surface area contributed by atoms with E-state index >= 15 is 0 Å². The minimum Gasteiger partial charge on any atom is -0.502 e. The molecule has 0 bridgehead atoms. The van der Waals surface area contributed by atoms with Crippen molar-refractivity contribution in [2.75, 3.05) is 0 Å². The highest BCUT2D eigenvalue weighted by Crippen LogP contribution is 2.30. The largest absolute Gasteiger partial charge is 0.502 e. The van der Waals surface area contributed by atoms with Gasteiger partial charge in [-0.2, -0.15) is 0 Å². The average Bonchev–Trinajstić information content (AvgIpc) is 2.29. The van der Waals surface area contributed by atoms with Crippen LogP contribution in [0.25, 0.3) is 5.76 Å². The Balaban J connectivity index is 2.83. The number of fused-ring (bicyclic) bond motifs is 1. The number of aliphatic hydroxyl groups excluding tert-OH is 1. The molecule has 0 spiro atoms. The molecule has 0 saturated heterocycles. The van der Waals surface area contributed by atoms with Crippen molar-refractivity contribution < 1.29 is 19.6 Å². The maximum Gasteiger partial charge on any atom is 0.362 e. The van der Waals surface area contributed by atoms with Crippen molar-refractivity contribution in [3.05, 3.63) is 50.2 Å². The van der Waals surface area contributed by atoms with Crippen LogP contribution in [-0.4, -0.2) is 21.6 Å². The summed E-state index contributed by atoms with van der Waals surface area (Å²) >= 11 is 0. The Kier molecular flexibility index (Phi) is 2.50. The van der Waals surface area contributed by atoms with E-state index in [9.17, 15) is 24.8 Å². The zero-order valence-corrected chi connectivity index (χ0v) is 9.68. The second kappa shape index (κ2) is 3.76. The lowest BCUT2D eigenvalue weighted by molar-refractivity contribution is -0.418. The monoisotopic (exact) mass is 247 g/mol. The van der Waals surface area contributed by atoms with E-state index in [1.54, 1.807) is 13.8 Å². The maximum absolute atomic E-state index is 11.7. The van der Waals surface area contributed by atoms with Gasteiger partial charge in [-0.05, 0) is 37.1 Å². The van der Waals surface area contributed by atoms with Crippen LogP contribution >= 0.6 is 0 Å². The van der Waals surface area contributed by atoms with Gasteiger partial charge in [-0.15, -0.1) is 0 Å². The minimum atomic E-state index is -1.28. The lowest BCUT2D eigenvalue weighted by Crippen LogP contribution is -2.28. The van der Waals surface area contributed by atoms with Gasteiger partial charge in [0.15, 0.2) is 0 Å². The van der Waals surface area contributed by atoms with Crippen molar-refractivity contribution in [2.24, 2.45) is 0 Å². The number of carbonyl (C=O) groups is 2. The van der Waals surface area contributed by atoms with Crippen LogP contribution in [0.1, 0.15) is 27.0 Å². The number of benzene rings is 1. The second-order valence-corrected chi connectivity index (χ2v) is 4.09. The number of allylic oxidation sites excluding steroid dienone is 1. The molecule has 0 radical (unpaired) electrons. The summed E-state index contributed by atoms with van der Waals surface area (Å²) in [6.07, 6.45) is 0. The fourth-order valence-corrected chi connectivity index (χ4v) is 1.83. The van der Waals surface area contributed by atoms with E-state index in [1.807, 2.05) is 0 Å². The average molecular weight is 247 g/mol. The fourth-order valence-electron chi connectivity index (χ4n) is 1.83. The van der Waals surface area contributed by atoms with Crippen molar-refractivity contribution >= 4 is 17.3 Å². The van der Waals surface area contributed by atoms with Gasteiger partial charge in [0.2, 0.25) is 11.5 Å². The molecular formula is C12H9NO5. The number of ketones is 2. The molecule has 0 aliphatic heterocycles. The van der Waals surface area contributed by atoms with Crippen molar-refractivity contribution in [1.82, 2.24) is 0 Å². The highest BCUT2D eigenvalue weighted by molar-refractivity contribution is 6.51. The predicted octanol–water partition coefficient (Wildman–Crippen LogP) is 1.57. The first kappa shape index (κ1) is 12.0. The molecule has 0 fully saturated rings. The van der Waals surface area contributed by atoms with E-state index in [2.05, 4.69) is 0 Å². The highest BCUT2D eigenvalue weighted by Gasteiger charge is 2.41. The lowest BCUT2D eigenvalue weighted by atomic mass is 9.89. The SMILES string of the molecule is Cc1cc2c(cc1C)C(O)=C([N+](=O)[O-])C(=O)C2=O. The topological polar surface area (TPSA) is 97.5 Å². The first-order valence-electron chi connectivity index (χ1n) is 5.13. The molecule has 0 unspecified atom stereocenters. The van der Waals surface area contributed by atoms with Crippen LogP contribution < -0.4 is 0 Å². The zero-order chi connectivity index (χ0) is 13.6. The smallest absolute Gasteiger partial charge is 0.362 e. The molecule has 0 aromatic heterocycles. The summed E-state index contributed by atoms with van der Waals surface area (Å²) in [7, 11) is 0. The quantitative estimate of drug-likeness (QED) is 0.461. The highest BCUT2D eigenvalue weighted by atomic mass is 16.6. The molecule has 18 heavy (non-hydrogen) atoms. The number of aliphatic hydroxyl groups is 1. The molecule has 2 rings (SSSR count). The summed E-state index contributed by atoms with van der Waals surface area (Å²) in [5, 5.41) is 20.5. The number of aryl methyl sites for hydroxylation is 2. The molecule has 6 heteroatoms. The Hall–Kier alpha value is -2.50. The molecule has 0 atom stereocenters. The van der Waals surface area contributed by atoms with Gasteiger partial charge in [0.05, 0.1) is 4.92 Å². The van der Waals surface area contributed by atoms with Crippen LogP contribution in [0, 0.1) is 24.0 Å². The van der Waals surface area contributed by atoms with E-state index < -0.39 is 27.9 Å². The van der Waals surface area contributed by atoms with Gasteiger partial charge in [0, 0.05) is 11.1 Å². The fraction of sp³-hybridized carbons (Fsp3) is 0.167. The summed E-state index contributed by atoms with van der Waals surface area (Å²) in [5.41, 5.74) is 0.522.